The van der Waals surface area contributed by atoms with Crippen molar-refractivity contribution in [2.24, 2.45) is 0 Å². The number of carbonyl (C=O) groups is 2. The second kappa shape index (κ2) is 21.1. The van der Waals surface area contributed by atoms with Gasteiger partial charge in [0.15, 0.2) is 6.29 Å². The molecule has 0 radical (unpaired) electrons. The first-order valence-electron chi connectivity index (χ1n) is 15.4. The first-order valence-corrected chi connectivity index (χ1v) is 15.4. The van der Waals surface area contributed by atoms with Gasteiger partial charge in [-0.1, -0.05) is 5.21 Å². The Bertz CT molecular complexity index is 1350. The topological polar surface area (TPSA) is 210 Å². The van der Waals surface area contributed by atoms with Gasteiger partial charge in [-0.3, -0.25) is 9.59 Å². The summed E-state index contributed by atoms with van der Waals surface area (Å²) < 4.78 is 104. The van der Waals surface area contributed by atoms with E-state index in [-0.39, 0.29) is 65.7 Å². The number of aromatic nitrogens is 3. The molecule has 1 aliphatic heterocycles. The lowest BCUT2D eigenvalue weighted by Crippen LogP contribution is -2.58. The molecule has 1 aliphatic rings. The maximum absolute atomic E-state index is 13.6. The van der Waals surface area contributed by atoms with E-state index in [2.05, 4.69) is 15.0 Å². The molecule has 0 unspecified atom stereocenters. The highest BCUT2D eigenvalue weighted by molar-refractivity contribution is 5.72. The van der Waals surface area contributed by atoms with Crippen molar-refractivity contribution in [1.82, 2.24) is 15.0 Å². The maximum atomic E-state index is 13.6. The van der Waals surface area contributed by atoms with Crippen molar-refractivity contribution in [3.63, 3.8) is 0 Å². The Hall–Kier alpha value is -3.41. The van der Waals surface area contributed by atoms with Gasteiger partial charge in [0.1, 0.15) is 18.3 Å². The number of carbonyl (C=O) groups excluding carboxylic acids is 1. The lowest BCUT2D eigenvalue weighted by molar-refractivity contribution is -0.297. The zero-order chi connectivity index (χ0) is 36.6. The van der Waals surface area contributed by atoms with Gasteiger partial charge in [0.2, 0.25) is 34.8 Å². The summed E-state index contributed by atoms with van der Waals surface area (Å²) in [6, 6.07) is 0. The first kappa shape index (κ1) is 41.0. The van der Waals surface area contributed by atoms with Gasteiger partial charge < -0.3 is 53.6 Å². The maximum Gasteiger partial charge on any atom is 0.313 e. The highest BCUT2D eigenvalue weighted by atomic mass is 19.2. The molecule has 0 spiro atoms. The monoisotopic (exact) mass is 731 g/mol. The minimum Gasteiger partial charge on any atom is -0.481 e. The summed E-state index contributed by atoms with van der Waals surface area (Å²) in [5, 5.41) is 47.1. The molecular weight excluding hydrogens is 693 g/mol. The van der Waals surface area contributed by atoms with Crippen LogP contribution in [-0.2, 0) is 51.0 Å². The lowest BCUT2D eigenvalue weighted by atomic mass is 9.96. The van der Waals surface area contributed by atoms with Gasteiger partial charge in [0, 0.05) is 19.0 Å². The Kier molecular flexibility index (Phi) is 17.3. The van der Waals surface area contributed by atoms with Crippen molar-refractivity contribution in [3.8, 4) is 5.75 Å². The third kappa shape index (κ3) is 12.7. The van der Waals surface area contributed by atoms with E-state index in [1.165, 1.54) is 0 Å². The smallest absolute Gasteiger partial charge is 0.313 e. The van der Waals surface area contributed by atoms with Gasteiger partial charge in [-0.25, -0.2) is 17.9 Å². The molecule has 2 heterocycles. The molecule has 16 nitrogen and oxygen atoms in total. The number of ether oxygens (including phenoxy) is 7. The molecule has 1 fully saturated rings. The van der Waals surface area contributed by atoms with Crippen LogP contribution in [0.5, 0.6) is 5.75 Å². The Morgan fingerprint density at radius 1 is 0.740 bits per heavy atom. The molecule has 3 rings (SSSR count). The first-order chi connectivity index (χ1) is 23.9. The zero-order valence-electron chi connectivity index (χ0n) is 26.6. The van der Waals surface area contributed by atoms with Crippen LogP contribution in [0, 0.1) is 29.1 Å². The largest absolute Gasteiger partial charge is 0.481 e. The van der Waals surface area contributed by atoms with Crippen LogP contribution in [0.1, 0.15) is 25.0 Å². The van der Waals surface area contributed by atoms with Crippen molar-refractivity contribution >= 4 is 11.9 Å². The number of nitrogens with zero attached hydrogens (tertiary/aromatic N) is 3. The molecule has 1 saturated heterocycles. The molecule has 0 amide bonds. The van der Waals surface area contributed by atoms with Crippen LogP contribution < -0.4 is 4.74 Å². The second-order valence-electron chi connectivity index (χ2n) is 10.6. The number of hydrogen-bond donors (Lipinski definition) is 4. The van der Waals surface area contributed by atoms with Crippen LogP contribution in [0.25, 0.3) is 0 Å². The number of esters is 1. The minimum absolute atomic E-state index is 0.0384. The normalized spacial score (nSPS) is 20.7. The summed E-state index contributed by atoms with van der Waals surface area (Å²) >= 11 is 0. The molecule has 0 saturated carbocycles. The third-order valence-electron chi connectivity index (χ3n) is 6.95. The van der Waals surface area contributed by atoms with Crippen LogP contribution in [0.2, 0.25) is 0 Å². The van der Waals surface area contributed by atoms with Crippen molar-refractivity contribution in [2.75, 3.05) is 59.5 Å². The Labute approximate surface area is 281 Å². The highest BCUT2D eigenvalue weighted by Gasteiger charge is 2.44. The highest BCUT2D eigenvalue weighted by Crippen LogP contribution is 2.29. The molecule has 4 N–H and O–H groups in total. The predicted octanol–water partition coefficient (Wildman–Crippen LogP) is 0.267. The fourth-order valence-electron chi connectivity index (χ4n) is 4.32. The van der Waals surface area contributed by atoms with Crippen LogP contribution in [-0.4, -0.2) is 138 Å². The zero-order valence-corrected chi connectivity index (χ0v) is 26.6. The van der Waals surface area contributed by atoms with E-state index in [4.69, 9.17) is 33.5 Å². The van der Waals surface area contributed by atoms with E-state index < -0.39 is 83.9 Å². The molecule has 0 aliphatic carbocycles. The van der Waals surface area contributed by atoms with E-state index in [1.807, 2.05) is 0 Å². The summed E-state index contributed by atoms with van der Waals surface area (Å²) in [7, 11) is 0. The number of benzene rings is 1. The number of carboxylic acids is 1. The Balaban J connectivity index is 1.15. The van der Waals surface area contributed by atoms with Gasteiger partial charge in [-0.05, 0) is 6.42 Å². The van der Waals surface area contributed by atoms with Crippen molar-refractivity contribution in [1.29, 1.82) is 0 Å². The van der Waals surface area contributed by atoms with E-state index in [9.17, 15) is 46.9 Å². The molecule has 21 heteroatoms. The van der Waals surface area contributed by atoms with Gasteiger partial charge in [-0.2, -0.15) is 8.78 Å². The molecule has 0 bridgehead atoms. The quantitative estimate of drug-likeness (QED) is 0.0302. The second-order valence-corrected chi connectivity index (χ2v) is 10.6. The third-order valence-corrected chi connectivity index (χ3v) is 6.95. The Morgan fingerprint density at radius 3 is 1.90 bits per heavy atom. The van der Waals surface area contributed by atoms with Crippen LogP contribution in [0.3, 0.4) is 0 Å². The number of aliphatic carboxylic acids is 1. The Morgan fingerprint density at radius 2 is 1.30 bits per heavy atom. The molecule has 2 aromatic rings. The summed E-state index contributed by atoms with van der Waals surface area (Å²) in [4.78, 5) is 22.5. The summed E-state index contributed by atoms with van der Waals surface area (Å²) in [6.07, 6.45) is -5.75. The van der Waals surface area contributed by atoms with E-state index in [0.717, 1.165) is 0 Å². The number of hydrogen-bond acceptors (Lipinski definition) is 14. The van der Waals surface area contributed by atoms with Gasteiger partial charge in [-0.15, -0.1) is 5.10 Å². The summed E-state index contributed by atoms with van der Waals surface area (Å²) in [5.41, 5.74) is 0.570. The van der Waals surface area contributed by atoms with Crippen molar-refractivity contribution in [3.05, 3.63) is 41.0 Å². The minimum atomic E-state index is -2.37. The fourth-order valence-corrected chi connectivity index (χ4v) is 4.32. The standard InChI is InChI=1S/C29H38F5N3O13/c30-20-21(31)23(33)28(24(34)22(20)32)50-19(40)4-6-44-9-11-46-13-14-47-12-10-45-8-5-37-15-16(35-36-37)3-7-48-29-27(43)26(42)25(41)17(49-29)1-2-18(38)39/h15,17,25-27,29,41-43H,1-14H2,(H,38,39)/t17-,25-,26+,27+,29+/m1/s1. The van der Waals surface area contributed by atoms with E-state index in [0.29, 0.717) is 25.3 Å². The lowest BCUT2D eigenvalue weighted by Gasteiger charge is -2.40. The van der Waals surface area contributed by atoms with Crippen LogP contribution in [0.4, 0.5) is 22.0 Å². The van der Waals surface area contributed by atoms with Gasteiger partial charge in [0.25, 0.3) is 0 Å². The molecule has 5 atom stereocenters. The van der Waals surface area contributed by atoms with Crippen LogP contribution >= 0.6 is 0 Å². The average molecular weight is 732 g/mol. The molecule has 282 valence electrons. The fraction of sp³-hybridized carbons (Fsp3) is 0.655. The average Bonchev–Trinajstić information content (AvgIpc) is 3.55. The number of aliphatic hydroxyl groups excluding tert-OH is 3. The molecule has 1 aromatic carbocycles. The van der Waals surface area contributed by atoms with Gasteiger partial charge >= 0.3 is 11.9 Å². The van der Waals surface area contributed by atoms with E-state index >= 15 is 0 Å². The predicted molar refractivity (Wildman–Crippen MR) is 153 cm³/mol. The SMILES string of the molecule is O=C(O)CC[C@H]1O[C@H](OCCc2cn(CCOCCOCCOCCOCCC(=O)Oc3c(F)c(F)c(F)c(F)c3F)nn2)[C@@H](O)[C@@H](O)[C@@H]1O. The van der Waals surface area contributed by atoms with Gasteiger partial charge in [0.05, 0.1) is 84.2 Å². The summed E-state index contributed by atoms with van der Waals surface area (Å²) in [6.45, 7) is 1.69. The van der Waals surface area contributed by atoms with Crippen molar-refractivity contribution in [2.45, 2.75) is 62.9 Å². The molecular formula is C29H38F5N3O13. The van der Waals surface area contributed by atoms with Crippen molar-refractivity contribution < 1.29 is 85.1 Å². The number of aliphatic hydroxyl groups is 3. The molecule has 1 aromatic heterocycles. The number of halogens is 5. The number of rotatable bonds is 23. The van der Waals surface area contributed by atoms with E-state index in [1.54, 1.807) is 10.9 Å². The summed E-state index contributed by atoms with van der Waals surface area (Å²) in [5.74, 6) is -15.4. The van der Waals surface area contributed by atoms with Crippen LogP contribution in [0.15, 0.2) is 6.20 Å². The number of carboxylic acid groups (broad SMARTS) is 1. The molecule has 50 heavy (non-hydrogen) atoms.